The summed E-state index contributed by atoms with van der Waals surface area (Å²) in [6.07, 6.45) is -1.18. The molecular weight excluding hydrogens is 321 g/mol. The van der Waals surface area contributed by atoms with E-state index in [2.05, 4.69) is 10.1 Å². The Bertz CT molecular complexity index is 492. The summed E-state index contributed by atoms with van der Waals surface area (Å²) in [5.41, 5.74) is 0.724. The van der Waals surface area contributed by atoms with Crippen molar-refractivity contribution in [1.82, 2.24) is 5.32 Å². The Hall–Kier alpha value is -1.34. The zero-order valence-corrected chi connectivity index (χ0v) is 12.6. The van der Waals surface area contributed by atoms with Crippen molar-refractivity contribution in [2.24, 2.45) is 0 Å². The fourth-order valence-corrected chi connectivity index (χ4v) is 1.76. The van der Waals surface area contributed by atoms with Gasteiger partial charge < -0.3 is 20.3 Å². The lowest BCUT2D eigenvalue weighted by atomic mass is 10.0. The second-order valence-electron chi connectivity index (χ2n) is 4.16. The van der Waals surface area contributed by atoms with Gasteiger partial charge in [0.25, 0.3) is 5.91 Å². The molecule has 0 spiro atoms. The standard InChI is InChI=1S/C13H15Cl2NO5/c1-21-13(20)8-4-2-7(3-5-8)10(18)9(6-17)16-12(19)11(14)15/h2-5,9-11,17-18H,6H2,1H3,(H,16,19)/t9-,10-/m1/s1. The minimum absolute atomic E-state index is 0.319. The normalized spacial score (nSPS) is 13.6. The van der Waals surface area contributed by atoms with Crippen LogP contribution in [0.2, 0.25) is 0 Å². The molecule has 6 nitrogen and oxygen atoms in total. The molecule has 0 aromatic heterocycles. The minimum atomic E-state index is -1.30. The van der Waals surface area contributed by atoms with E-state index < -0.39 is 35.5 Å². The summed E-state index contributed by atoms with van der Waals surface area (Å²) in [4.78, 5) is 21.4. The number of halogens is 2. The largest absolute Gasteiger partial charge is 0.465 e. The van der Waals surface area contributed by atoms with Crippen molar-refractivity contribution in [3.05, 3.63) is 35.4 Å². The molecule has 0 aliphatic rings. The van der Waals surface area contributed by atoms with Crippen molar-refractivity contribution >= 4 is 35.1 Å². The summed E-state index contributed by atoms with van der Waals surface area (Å²) in [6.45, 7) is -0.508. The van der Waals surface area contributed by atoms with Gasteiger partial charge in [-0.2, -0.15) is 0 Å². The highest BCUT2D eigenvalue weighted by Gasteiger charge is 2.24. The SMILES string of the molecule is COC(=O)c1ccc([C@@H](O)[C@@H](CO)NC(=O)C(Cl)Cl)cc1. The lowest BCUT2D eigenvalue weighted by Gasteiger charge is -2.23. The molecule has 3 N–H and O–H groups in total. The Labute approximate surface area is 131 Å². The van der Waals surface area contributed by atoms with Gasteiger partial charge in [0.05, 0.1) is 25.3 Å². The van der Waals surface area contributed by atoms with Gasteiger partial charge in [-0.3, -0.25) is 4.79 Å². The summed E-state index contributed by atoms with van der Waals surface area (Å²) in [5.74, 6) is -1.22. The molecule has 0 saturated carbocycles. The van der Waals surface area contributed by atoms with E-state index >= 15 is 0 Å². The zero-order chi connectivity index (χ0) is 16.0. The van der Waals surface area contributed by atoms with Gasteiger partial charge in [0.2, 0.25) is 0 Å². The van der Waals surface area contributed by atoms with Gasteiger partial charge in [0.1, 0.15) is 6.10 Å². The van der Waals surface area contributed by atoms with Crippen molar-refractivity contribution in [2.75, 3.05) is 13.7 Å². The maximum atomic E-state index is 11.4. The summed E-state index contributed by atoms with van der Waals surface area (Å²) in [7, 11) is 1.26. The van der Waals surface area contributed by atoms with E-state index in [4.69, 9.17) is 23.2 Å². The molecule has 1 amide bonds. The Morgan fingerprint density at radius 1 is 1.29 bits per heavy atom. The molecule has 0 saturated heterocycles. The summed E-state index contributed by atoms with van der Waals surface area (Å²) in [5, 5.41) is 21.7. The van der Waals surface area contributed by atoms with Gasteiger partial charge >= 0.3 is 5.97 Å². The van der Waals surface area contributed by atoms with Gasteiger partial charge in [0.15, 0.2) is 4.84 Å². The third-order valence-corrected chi connectivity index (χ3v) is 3.17. The molecule has 1 aromatic rings. The van der Waals surface area contributed by atoms with Crippen LogP contribution in [0.5, 0.6) is 0 Å². The molecular formula is C13H15Cl2NO5. The number of aliphatic hydroxyl groups excluding tert-OH is 2. The highest BCUT2D eigenvalue weighted by Crippen LogP contribution is 2.18. The molecule has 0 fully saturated rings. The van der Waals surface area contributed by atoms with E-state index in [9.17, 15) is 19.8 Å². The number of rotatable bonds is 6. The van der Waals surface area contributed by atoms with Crippen LogP contribution in [0.15, 0.2) is 24.3 Å². The molecule has 0 radical (unpaired) electrons. The number of esters is 1. The molecule has 0 bridgehead atoms. The van der Waals surface area contributed by atoms with Crippen LogP contribution in [-0.4, -0.2) is 46.7 Å². The predicted octanol–water partition coefficient (Wildman–Crippen LogP) is 0.787. The predicted molar refractivity (Wildman–Crippen MR) is 77.3 cm³/mol. The van der Waals surface area contributed by atoms with E-state index in [1.807, 2.05) is 0 Å². The fraction of sp³-hybridized carbons (Fsp3) is 0.385. The molecule has 1 aromatic carbocycles. The van der Waals surface area contributed by atoms with Crippen molar-refractivity contribution in [3.8, 4) is 0 Å². The summed E-state index contributed by atoms with van der Waals surface area (Å²) >= 11 is 10.8. The maximum absolute atomic E-state index is 11.4. The molecule has 1 rings (SSSR count). The smallest absolute Gasteiger partial charge is 0.337 e. The molecule has 0 aliphatic heterocycles. The Morgan fingerprint density at radius 3 is 2.29 bits per heavy atom. The van der Waals surface area contributed by atoms with E-state index in [0.29, 0.717) is 11.1 Å². The average molecular weight is 336 g/mol. The van der Waals surface area contributed by atoms with Crippen molar-refractivity contribution in [1.29, 1.82) is 0 Å². The number of methoxy groups -OCH3 is 1. The van der Waals surface area contributed by atoms with Gasteiger partial charge in [-0.15, -0.1) is 0 Å². The van der Waals surface area contributed by atoms with Gasteiger partial charge in [0, 0.05) is 0 Å². The van der Waals surface area contributed by atoms with Crippen LogP contribution in [0.3, 0.4) is 0 Å². The number of hydrogen-bond acceptors (Lipinski definition) is 5. The third kappa shape index (κ3) is 4.86. The van der Waals surface area contributed by atoms with Crippen LogP contribution in [0.25, 0.3) is 0 Å². The number of hydrogen-bond donors (Lipinski definition) is 3. The number of alkyl halides is 2. The molecule has 0 unspecified atom stereocenters. The van der Waals surface area contributed by atoms with Crippen molar-refractivity contribution < 1.29 is 24.5 Å². The topological polar surface area (TPSA) is 95.9 Å². The molecule has 2 atom stereocenters. The van der Waals surface area contributed by atoms with E-state index in [1.54, 1.807) is 0 Å². The van der Waals surface area contributed by atoms with Crippen LogP contribution in [0.4, 0.5) is 0 Å². The number of nitrogens with one attached hydrogen (secondary N) is 1. The number of aliphatic hydroxyl groups is 2. The molecule has 0 heterocycles. The Kier molecular flexibility index (Phi) is 6.91. The monoisotopic (exact) mass is 335 g/mol. The molecule has 8 heteroatoms. The second-order valence-corrected chi connectivity index (χ2v) is 5.25. The van der Waals surface area contributed by atoms with Crippen LogP contribution in [-0.2, 0) is 9.53 Å². The minimum Gasteiger partial charge on any atom is -0.465 e. The number of carbonyl (C=O) groups is 2. The van der Waals surface area contributed by atoms with E-state index in [-0.39, 0.29) is 0 Å². The van der Waals surface area contributed by atoms with Gasteiger partial charge in [-0.05, 0) is 17.7 Å². The van der Waals surface area contributed by atoms with Crippen molar-refractivity contribution in [2.45, 2.75) is 17.0 Å². The number of amides is 1. The number of benzene rings is 1. The first-order valence-corrected chi connectivity index (χ1v) is 6.83. The molecule has 21 heavy (non-hydrogen) atoms. The van der Waals surface area contributed by atoms with Gasteiger partial charge in [-0.1, -0.05) is 35.3 Å². The first kappa shape index (κ1) is 17.7. The average Bonchev–Trinajstić information content (AvgIpc) is 2.50. The summed E-state index contributed by atoms with van der Waals surface area (Å²) in [6, 6.07) is 4.94. The quantitative estimate of drug-likeness (QED) is 0.527. The highest BCUT2D eigenvalue weighted by molar-refractivity contribution is 6.53. The maximum Gasteiger partial charge on any atom is 0.337 e. The lowest BCUT2D eigenvalue weighted by molar-refractivity contribution is -0.121. The van der Waals surface area contributed by atoms with E-state index in [0.717, 1.165) is 0 Å². The van der Waals surface area contributed by atoms with E-state index in [1.165, 1.54) is 31.4 Å². The fourth-order valence-electron chi connectivity index (χ4n) is 1.64. The Morgan fingerprint density at radius 2 is 1.86 bits per heavy atom. The zero-order valence-electron chi connectivity index (χ0n) is 11.1. The van der Waals surface area contributed by atoms with Crippen LogP contribution in [0, 0.1) is 0 Å². The second kappa shape index (κ2) is 8.19. The van der Waals surface area contributed by atoms with Crippen LogP contribution >= 0.6 is 23.2 Å². The molecule has 0 aliphatic carbocycles. The number of ether oxygens (including phenoxy) is 1. The van der Waals surface area contributed by atoms with Crippen LogP contribution < -0.4 is 5.32 Å². The third-order valence-electron chi connectivity index (χ3n) is 2.78. The molecule has 116 valence electrons. The highest BCUT2D eigenvalue weighted by atomic mass is 35.5. The first-order valence-electron chi connectivity index (χ1n) is 5.96. The van der Waals surface area contributed by atoms with Crippen LogP contribution in [0.1, 0.15) is 22.0 Å². The number of carbonyl (C=O) groups excluding carboxylic acids is 2. The van der Waals surface area contributed by atoms with Crippen molar-refractivity contribution in [3.63, 3.8) is 0 Å². The first-order chi connectivity index (χ1) is 9.90. The van der Waals surface area contributed by atoms with Gasteiger partial charge in [-0.25, -0.2) is 4.79 Å². The Balaban J connectivity index is 2.82. The lowest BCUT2D eigenvalue weighted by Crippen LogP contribution is -2.44. The summed E-state index contributed by atoms with van der Waals surface area (Å²) < 4.78 is 4.56.